The molecular formula is C126H175ClFN15O6. The molecule has 804 valence electrons. The number of fused-ring (bicyclic) bond motifs is 25. The van der Waals surface area contributed by atoms with E-state index in [1.807, 2.05) is 6.92 Å². The third kappa shape index (κ3) is 20.4. The molecule has 5 aromatic rings. The van der Waals surface area contributed by atoms with E-state index in [-0.39, 0.29) is 0 Å². The van der Waals surface area contributed by atoms with Gasteiger partial charge in [-0.25, -0.2) is 4.39 Å². The number of alkyl halides is 1. The van der Waals surface area contributed by atoms with Gasteiger partial charge in [0.15, 0.2) is 0 Å². The van der Waals surface area contributed by atoms with Crippen LogP contribution in [0, 0.1) is 204 Å². The number of ether oxygens (including phenoxy) is 1. The molecule has 5 N–H and O–H groups in total. The fraction of sp³-hybridized carbons (Fsp3) is 0.730. The zero-order valence-corrected chi connectivity index (χ0v) is 91.7. The van der Waals surface area contributed by atoms with E-state index in [1.54, 1.807) is 98.6 Å². The van der Waals surface area contributed by atoms with Crippen LogP contribution in [0.2, 0.25) is 0 Å². The summed E-state index contributed by atoms with van der Waals surface area (Å²) in [5.41, 5.74) is 11.8. The van der Waals surface area contributed by atoms with Crippen molar-refractivity contribution in [1.82, 2.24) is 75.0 Å². The van der Waals surface area contributed by atoms with Crippen molar-refractivity contribution in [2.24, 2.45) is 181 Å². The minimum absolute atomic E-state index is 0.324. The Kier molecular flexibility index (Phi) is 29.8. The van der Waals surface area contributed by atoms with Gasteiger partial charge in [-0.2, -0.15) is 75.0 Å². The Morgan fingerprint density at radius 2 is 0.577 bits per heavy atom. The van der Waals surface area contributed by atoms with E-state index in [0.717, 1.165) is 211 Å². The van der Waals surface area contributed by atoms with E-state index in [0.29, 0.717) is 112 Å². The van der Waals surface area contributed by atoms with Crippen LogP contribution in [-0.2, 0) is 37.5 Å². The van der Waals surface area contributed by atoms with Crippen LogP contribution in [-0.4, -0.2) is 149 Å². The van der Waals surface area contributed by atoms with Crippen LogP contribution in [0.25, 0.3) is 0 Å². The van der Waals surface area contributed by atoms with Crippen molar-refractivity contribution < 1.29 is 34.7 Å². The first-order chi connectivity index (χ1) is 71.6. The number of rotatable bonds is 18. The van der Waals surface area contributed by atoms with E-state index in [1.165, 1.54) is 217 Å². The molecule has 5 aromatic heterocycles. The van der Waals surface area contributed by atoms with E-state index >= 15 is 0 Å². The van der Waals surface area contributed by atoms with Crippen molar-refractivity contribution in [2.45, 2.75) is 372 Å². The maximum Gasteiger partial charge on any atom is 0.130 e. The van der Waals surface area contributed by atoms with Gasteiger partial charge < -0.3 is 30.3 Å². The average Bonchev–Trinajstić information content (AvgIpc) is 1.63. The lowest BCUT2D eigenvalue weighted by Crippen LogP contribution is -2.48. The second kappa shape index (κ2) is 42.0. The topological polar surface area (TPSA) is 264 Å². The van der Waals surface area contributed by atoms with Crippen molar-refractivity contribution in [2.75, 3.05) is 20.4 Å². The summed E-state index contributed by atoms with van der Waals surface area (Å²) in [6, 6.07) is 0. The Bertz CT molecular complexity index is 5950. The molecule has 26 rings (SSSR count). The zero-order valence-electron chi connectivity index (χ0n) is 91.0. The first-order valence-electron chi connectivity index (χ1n) is 59.0. The fourth-order valence-electron chi connectivity index (χ4n) is 39.5. The van der Waals surface area contributed by atoms with Crippen LogP contribution in [0.4, 0.5) is 4.39 Å². The molecule has 0 unspecified atom stereocenters. The predicted molar refractivity (Wildman–Crippen MR) is 581 cm³/mol. The summed E-state index contributed by atoms with van der Waals surface area (Å²) >= 11 is 5.61. The molecule has 5 heterocycles. The van der Waals surface area contributed by atoms with E-state index in [4.69, 9.17) is 16.3 Å². The lowest BCUT2D eigenvalue weighted by atomic mass is 9.51. The molecule has 21 aliphatic rings. The molecule has 0 aliphatic heterocycles. The Balaban J connectivity index is 0.000000105. The summed E-state index contributed by atoms with van der Waals surface area (Å²) in [6.07, 6.45) is 77.4. The molecule has 0 saturated heterocycles. The molecule has 0 spiro atoms. The van der Waals surface area contributed by atoms with Gasteiger partial charge in [-0.3, -0.25) is 0 Å². The third-order valence-corrected chi connectivity index (χ3v) is 46.5. The molecule has 0 amide bonds. The van der Waals surface area contributed by atoms with Crippen molar-refractivity contribution in [3.8, 4) is 23.1 Å². The number of nitrogens with zero attached hydrogens (tertiary/aromatic N) is 15. The van der Waals surface area contributed by atoms with Gasteiger partial charge in [0.1, 0.15) is 17.9 Å². The van der Waals surface area contributed by atoms with Crippen LogP contribution < -0.4 is 0 Å². The van der Waals surface area contributed by atoms with Crippen LogP contribution in [0.15, 0.2) is 181 Å². The van der Waals surface area contributed by atoms with Crippen LogP contribution >= 0.6 is 11.6 Å². The molecule has 16 fully saturated rings. The summed E-state index contributed by atoms with van der Waals surface area (Å²) in [5, 5.41) is 99.2. The summed E-state index contributed by atoms with van der Waals surface area (Å²) in [6.45, 7) is 40.7. The van der Waals surface area contributed by atoms with Gasteiger partial charge >= 0.3 is 0 Å². The highest BCUT2D eigenvalue weighted by Crippen LogP contribution is 2.72. The number of hydrogen-bond donors (Lipinski definition) is 5. The van der Waals surface area contributed by atoms with E-state index in [2.05, 4.69) is 172 Å². The largest absolute Gasteiger partial charge is 0.390 e. The lowest BCUT2D eigenvalue weighted by molar-refractivity contribution is -0.0676. The van der Waals surface area contributed by atoms with Gasteiger partial charge in [0.25, 0.3) is 0 Å². The molecule has 23 heteroatoms. The second-order valence-electron chi connectivity index (χ2n) is 54.2. The summed E-state index contributed by atoms with van der Waals surface area (Å²) in [4.78, 5) is 8.88. The molecule has 0 radical (unpaired) electrons. The van der Waals surface area contributed by atoms with Crippen LogP contribution in [0.5, 0.6) is 0 Å². The first-order valence-corrected chi connectivity index (χ1v) is 59.4. The smallest absolute Gasteiger partial charge is 0.130 e. The van der Waals surface area contributed by atoms with Gasteiger partial charge in [0, 0.05) is 31.2 Å². The average molecular weight is 2050 g/mol. The highest BCUT2D eigenvalue weighted by atomic mass is 35.5. The van der Waals surface area contributed by atoms with Gasteiger partial charge in [-0.05, 0) is 450 Å². The van der Waals surface area contributed by atoms with Crippen molar-refractivity contribution in [3.05, 3.63) is 181 Å². The Labute approximate surface area is 893 Å². The minimum Gasteiger partial charge on any atom is -0.390 e. The molecule has 16 saturated carbocycles. The SMILES string of the molecule is C=C(Cn1nccn1)[C@H]1CC[C@H]2[C@@H]3CC=C4C[C@@](C)(O)CC[C@@H]4[C@H]3CC[C@]12C.C=C(Cn1nccn1)[C@H]1CC[C@H]2[C@@H]3CC=C4C[C@](O)(C#CC5CC5)CC[C@@H]4[C@H]3CC[C@]12C.C=C(Cn1nccn1)[C@H]1CC[C@H]2[C@@H]3CC=C4C[C@](O)(C#CCl)CC[C@@H]4[C@H]3CC[C@]12C.C=C(Cn1nccn1)[C@H]1CC[C@H]2[C@@H]3CC=C4C[C@](O)(CF)CC[C@@H]4[C@H]3CC[C@]12C.C=C(Cn1nccn1)[C@H]1CC[C@H]2[C@@H]3CC=C4C[C@](O)(COC)CC[C@@H]4[C@H]3CC[C@]12C. The number of aromatic nitrogens is 15. The third-order valence-electron chi connectivity index (χ3n) is 46.5. The van der Waals surface area contributed by atoms with Crippen LogP contribution in [0.3, 0.4) is 0 Å². The molecule has 149 heavy (non-hydrogen) atoms. The number of aliphatic hydroxyl groups is 5. The molecule has 0 bridgehead atoms. The number of halogens is 2. The fourth-order valence-corrected chi connectivity index (χ4v) is 39.7. The maximum absolute atomic E-state index is 13.3. The number of hydrogen-bond acceptors (Lipinski definition) is 16. The van der Waals surface area contributed by atoms with Crippen molar-refractivity contribution in [1.29, 1.82) is 0 Å². The summed E-state index contributed by atoms with van der Waals surface area (Å²) in [7, 11) is 1.70. The molecule has 35 atom stereocenters. The maximum atomic E-state index is 13.3. The standard InChI is InChI=1S/C28H37N3O.C25H32ClN3O.C25H37N3O2.C24H34FN3O.C24H35N3O/c1-19(18-31-29-15-16-30-31)25-7-8-26-24-6-5-21-17-28(32,13-9-20-3-4-20)14-11-22(21)23(24)10-12-27(25,26)2;1-17(16-29-27-13-14-28-29)22-5-6-23-21-4-3-18-15-25(30,11-12-26)10-8-19(18)20(21)7-9-24(22,23)2;1-17(15-28-26-12-13-27-28)22-6-7-23-21-5-4-18-14-25(29,16-30-3)11-9-19(18)20(21)8-10-24(22,23)2;1-16(14-28-26-11-12-27-28)21-5-6-22-20-4-3-17-13-24(29,15-25)10-8-18(17)19(20)7-9-23(21,22)2;1-16(15-27-25-12-13-26-27)21-6-7-22-20-5-4-17-14-23(2,28)10-8-18(17)19(20)9-11-24(21,22)3/h5,15-16,20,22-26,32H,1,3-4,6-8,10-12,14,17-18H2,2H3;3,13-14,19-23,30H,1,4-10,15-16H2,2H3;4,12-13,19-23,29H,1,5-11,14-16H2,2-3H3;3,11-12,18-22,29H,1,4-10,13-15H2,2H3;4,12-13,18-22,28H,1,5-11,14-15H2,2-3H3/t22-,23+,24+,25+,26-,27+,28-;19-,20+,21+,22+,23-,24+,25+;19-,20+,21+,22+,23-,24+,25-;18-,19+,20+,21+,22-,23+,24-;18-,19+,20+,21+,22-,23-,24+/m00000/s1. The van der Waals surface area contributed by atoms with E-state index in [9.17, 15) is 29.9 Å². The predicted octanol–water partition coefficient (Wildman–Crippen LogP) is 24.0. The van der Waals surface area contributed by atoms with Crippen molar-refractivity contribution >= 4 is 11.6 Å². The van der Waals surface area contributed by atoms with Crippen LogP contribution in [0.1, 0.15) is 311 Å². The number of allylic oxidation sites excluding steroid dienone is 10. The quantitative estimate of drug-likeness (QED) is 0.0403. The Morgan fingerprint density at radius 3 is 0.852 bits per heavy atom. The normalized spacial score (nSPS) is 43.3. The van der Waals surface area contributed by atoms with Gasteiger partial charge in [-0.15, -0.1) is 0 Å². The van der Waals surface area contributed by atoms with Gasteiger partial charge in [0.2, 0.25) is 0 Å². The highest BCUT2D eigenvalue weighted by Gasteiger charge is 2.64. The second-order valence-corrected chi connectivity index (χ2v) is 54.3. The molecule has 21 aliphatic carbocycles. The summed E-state index contributed by atoms with van der Waals surface area (Å²) in [5.74, 6) is 28.0. The van der Waals surface area contributed by atoms with Crippen molar-refractivity contribution in [3.63, 3.8) is 0 Å². The zero-order chi connectivity index (χ0) is 104. The Hall–Kier alpha value is -7.80. The molecular weight excluding hydrogens is 1870 g/mol. The number of methoxy groups -OCH3 is 1. The Morgan fingerprint density at radius 1 is 0.322 bits per heavy atom. The molecule has 21 nitrogen and oxygen atoms in total. The lowest BCUT2D eigenvalue weighted by Gasteiger charge is -2.54. The summed E-state index contributed by atoms with van der Waals surface area (Å²) < 4.78 is 18.7. The van der Waals surface area contributed by atoms with Gasteiger partial charge in [0.05, 0.1) is 118 Å². The first kappa shape index (κ1) is 105. The minimum atomic E-state index is -1.10. The monoisotopic (exact) mass is 2050 g/mol. The van der Waals surface area contributed by atoms with Gasteiger partial charge in [-0.1, -0.05) is 171 Å². The molecule has 0 aromatic carbocycles. The highest BCUT2D eigenvalue weighted by molar-refractivity contribution is 6.30. The van der Waals surface area contributed by atoms with E-state index < -0.39 is 34.7 Å².